The Bertz CT molecular complexity index is 1950. The highest BCUT2D eigenvalue weighted by Gasteiger charge is 2.20. The van der Waals surface area contributed by atoms with E-state index in [4.69, 9.17) is 19.9 Å². The number of benzene rings is 3. The number of nitrogens with one attached hydrogen (secondary N) is 1. The van der Waals surface area contributed by atoms with E-state index in [0.29, 0.717) is 59.8 Å². The van der Waals surface area contributed by atoms with E-state index in [9.17, 15) is 14.0 Å². The van der Waals surface area contributed by atoms with Gasteiger partial charge >= 0.3 is 0 Å². The van der Waals surface area contributed by atoms with E-state index in [1.807, 2.05) is 41.0 Å². The van der Waals surface area contributed by atoms with Gasteiger partial charge in [0.05, 0.1) is 14.2 Å². The van der Waals surface area contributed by atoms with Crippen LogP contribution < -0.4 is 26.0 Å². The van der Waals surface area contributed by atoms with Crippen LogP contribution in [-0.2, 0) is 11.3 Å². The molecular weight excluding hydrogens is 599 g/mol. The molecule has 0 atom stereocenters. The molecule has 0 aliphatic carbocycles. The number of nitrogen functional groups attached to an aromatic ring is 1. The number of hydrogen-bond donors (Lipinski definition) is 2. The summed E-state index contributed by atoms with van der Waals surface area (Å²) in [5.74, 6) is 0.986. The zero-order valence-corrected chi connectivity index (χ0v) is 26.2. The van der Waals surface area contributed by atoms with Gasteiger partial charge in [-0.3, -0.25) is 9.59 Å². The lowest BCUT2D eigenvalue weighted by molar-refractivity contribution is 0.0612. The average Bonchev–Trinajstić information content (AvgIpc) is 3.10. The third-order valence-electron chi connectivity index (χ3n) is 8.38. The molecule has 3 N–H and O–H groups in total. The van der Waals surface area contributed by atoms with Crippen LogP contribution in [0.25, 0.3) is 33.4 Å². The smallest absolute Gasteiger partial charge is 0.261 e. The Morgan fingerprint density at radius 1 is 0.894 bits per heavy atom. The number of hydrogen-bond acceptors (Lipinski definition) is 7. The Hall–Kier alpha value is -5.48. The number of nitrogens with zero attached hydrogens (tertiary/aromatic N) is 2. The summed E-state index contributed by atoms with van der Waals surface area (Å²) in [7, 11) is 3.17. The van der Waals surface area contributed by atoms with Crippen molar-refractivity contribution in [1.29, 1.82) is 0 Å². The first kappa shape index (κ1) is 31.5. The zero-order chi connectivity index (χ0) is 32.9. The highest BCUT2D eigenvalue weighted by Crippen LogP contribution is 2.35. The summed E-state index contributed by atoms with van der Waals surface area (Å²) in [6, 6.07) is 20.4. The van der Waals surface area contributed by atoms with Gasteiger partial charge < -0.3 is 29.8 Å². The van der Waals surface area contributed by atoms with Gasteiger partial charge in [0.15, 0.2) is 11.5 Å². The van der Waals surface area contributed by atoms with Crippen molar-refractivity contribution in [2.24, 2.45) is 5.92 Å². The molecule has 9 nitrogen and oxygen atoms in total. The van der Waals surface area contributed by atoms with Gasteiger partial charge in [-0.2, -0.15) is 0 Å². The maximum atomic E-state index is 13.7. The third-order valence-corrected chi connectivity index (χ3v) is 8.38. The topological polar surface area (TPSA) is 118 Å². The highest BCUT2D eigenvalue weighted by atomic mass is 19.1. The number of methoxy groups -OCH3 is 2. The number of nitrogens with two attached hydrogens (primary N) is 1. The van der Waals surface area contributed by atoms with Gasteiger partial charge in [-0.1, -0.05) is 30.3 Å². The number of pyridine rings is 2. The van der Waals surface area contributed by atoms with Gasteiger partial charge in [0.2, 0.25) is 5.43 Å². The van der Waals surface area contributed by atoms with Crippen molar-refractivity contribution in [3.63, 3.8) is 0 Å². The molecule has 3 aromatic carbocycles. The predicted octanol–water partition coefficient (Wildman–Crippen LogP) is 6.66. The number of anilines is 2. The summed E-state index contributed by atoms with van der Waals surface area (Å²) >= 11 is 0. The summed E-state index contributed by atoms with van der Waals surface area (Å²) in [6.45, 7) is 1.99. The standard InChI is InChI=1S/C37H35FN4O5/c1-45-33-12-7-26(18-34(33)46-2)27-17-30(36(39)40-19-27)24-5-10-29(11-6-24)41-37(44)32-22-42(20-23-13-15-47-16-14-23)21-31(35(32)43)25-3-8-28(38)9-4-25/h3-12,17-19,21-23H,13-16,20H2,1-2H3,(H2,39,40)(H,41,44). The molecule has 0 saturated carbocycles. The number of rotatable bonds is 9. The number of carbonyl (C=O) groups is 1. The summed E-state index contributed by atoms with van der Waals surface area (Å²) in [5, 5.41) is 2.87. The van der Waals surface area contributed by atoms with E-state index >= 15 is 0 Å². The zero-order valence-electron chi connectivity index (χ0n) is 26.2. The molecule has 0 radical (unpaired) electrons. The third kappa shape index (κ3) is 7.02. The average molecular weight is 635 g/mol. The molecule has 10 heteroatoms. The van der Waals surface area contributed by atoms with Gasteiger partial charge in [0, 0.05) is 60.7 Å². The Balaban J connectivity index is 1.26. The molecule has 240 valence electrons. The Labute approximate surface area is 271 Å². The fourth-order valence-corrected chi connectivity index (χ4v) is 5.77. The van der Waals surface area contributed by atoms with E-state index in [-0.39, 0.29) is 5.56 Å². The van der Waals surface area contributed by atoms with Crippen molar-refractivity contribution >= 4 is 17.4 Å². The van der Waals surface area contributed by atoms with Crippen LogP contribution in [-0.4, -0.2) is 42.9 Å². The first-order chi connectivity index (χ1) is 22.8. The lowest BCUT2D eigenvalue weighted by Crippen LogP contribution is -2.26. The van der Waals surface area contributed by atoms with Crippen molar-refractivity contribution in [2.75, 3.05) is 38.5 Å². The van der Waals surface area contributed by atoms with E-state index in [2.05, 4.69) is 10.3 Å². The molecule has 1 amide bonds. The molecule has 1 aliphatic rings. The highest BCUT2D eigenvalue weighted by molar-refractivity contribution is 6.04. The Kier molecular flexibility index (Phi) is 9.30. The van der Waals surface area contributed by atoms with Gasteiger partial charge in [-0.25, -0.2) is 9.37 Å². The van der Waals surface area contributed by atoms with Gasteiger partial charge in [-0.05, 0) is 77.9 Å². The van der Waals surface area contributed by atoms with Crippen molar-refractivity contribution < 1.29 is 23.4 Å². The minimum absolute atomic E-state index is 0.000902. The van der Waals surface area contributed by atoms with Crippen LogP contribution in [0.4, 0.5) is 15.9 Å². The predicted molar refractivity (Wildman–Crippen MR) is 180 cm³/mol. The van der Waals surface area contributed by atoms with Crippen molar-refractivity contribution in [1.82, 2.24) is 9.55 Å². The molecular formula is C37H35FN4O5. The van der Waals surface area contributed by atoms with Crippen LogP contribution in [0.3, 0.4) is 0 Å². The molecule has 47 heavy (non-hydrogen) atoms. The van der Waals surface area contributed by atoms with Crippen LogP contribution in [0.2, 0.25) is 0 Å². The molecule has 1 saturated heterocycles. The second-order valence-electron chi connectivity index (χ2n) is 11.4. The molecule has 3 heterocycles. The van der Waals surface area contributed by atoms with Crippen molar-refractivity contribution in [2.45, 2.75) is 19.4 Å². The molecule has 6 rings (SSSR count). The Morgan fingerprint density at radius 2 is 1.55 bits per heavy atom. The Morgan fingerprint density at radius 3 is 2.26 bits per heavy atom. The summed E-state index contributed by atoms with van der Waals surface area (Å²) in [6.07, 6.45) is 6.82. The van der Waals surface area contributed by atoms with Crippen molar-refractivity contribution in [3.8, 4) is 44.9 Å². The number of carbonyl (C=O) groups excluding carboxylic acids is 1. The summed E-state index contributed by atoms with van der Waals surface area (Å²) in [4.78, 5) is 31.6. The van der Waals surface area contributed by atoms with E-state index in [1.54, 1.807) is 57.1 Å². The molecule has 2 aromatic heterocycles. The van der Waals surface area contributed by atoms with E-state index in [0.717, 1.165) is 35.1 Å². The second-order valence-corrected chi connectivity index (χ2v) is 11.4. The van der Waals surface area contributed by atoms with Crippen LogP contribution >= 0.6 is 0 Å². The second kappa shape index (κ2) is 13.9. The van der Waals surface area contributed by atoms with Crippen LogP contribution in [0, 0.1) is 11.7 Å². The SMILES string of the molecule is COc1ccc(-c2cnc(N)c(-c3ccc(NC(=O)c4cn(CC5CCOCC5)cc(-c5ccc(F)cc5)c4=O)cc3)c2)cc1OC. The summed E-state index contributed by atoms with van der Waals surface area (Å²) < 4.78 is 31.9. The van der Waals surface area contributed by atoms with Gasteiger partial charge in [-0.15, -0.1) is 0 Å². The fraction of sp³-hybridized carbons (Fsp3) is 0.216. The molecule has 0 spiro atoms. The van der Waals surface area contributed by atoms with Crippen LogP contribution in [0.5, 0.6) is 11.5 Å². The summed E-state index contributed by atoms with van der Waals surface area (Å²) in [5.41, 5.74) is 10.5. The van der Waals surface area contributed by atoms with Crippen LogP contribution in [0.1, 0.15) is 23.2 Å². The normalized spacial score (nSPS) is 13.3. The number of aromatic nitrogens is 2. The minimum Gasteiger partial charge on any atom is -0.493 e. The molecule has 0 bridgehead atoms. The lowest BCUT2D eigenvalue weighted by Gasteiger charge is -2.23. The van der Waals surface area contributed by atoms with Gasteiger partial charge in [0.25, 0.3) is 5.91 Å². The first-order valence-electron chi connectivity index (χ1n) is 15.3. The maximum Gasteiger partial charge on any atom is 0.261 e. The molecule has 5 aromatic rings. The lowest BCUT2D eigenvalue weighted by atomic mass is 9.99. The monoisotopic (exact) mass is 634 g/mol. The van der Waals surface area contributed by atoms with Crippen molar-refractivity contribution in [3.05, 3.63) is 113 Å². The first-order valence-corrected chi connectivity index (χ1v) is 15.3. The quantitative estimate of drug-likeness (QED) is 0.186. The fourth-order valence-electron chi connectivity index (χ4n) is 5.77. The molecule has 0 unspecified atom stereocenters. The maximum absolute atomic E-state index is 13.7. The largest absolute Gasteiger partial charge is 0.493 e. The van der Waals surface area contributed by atoms with E-state index in [1.165, 1.54) is 12.1 Å². The van der Waals surface area contributed by atoms with Gasteiger partial charge in [0.1, 0.15) is 17.2 Å². The number of amides is 1. The molecule has 1 fully saturated rings. The van der Waals surface area contributed by atoms with E-state index < -0.39 is 17.2 Å². The minimum atomic E-state index is -0.538. The van der Waals surface area contributed by atoms with Crippen LogP contribution in [0.15, 0.2) is 96.2 Å². The molecule has 1 aliphatic heterocycles. The number of halogens is 1. The number of ether oxygens (including phenoxy) is 3.